The van der Waals surface area contributed by atoms with E-state index in [2.05, 4.69) is 42.3 Å². The fourth-order valence-electron chi connectivity index (χ4n) is 8.60. The lowest BCUT2D eigenvalue weighted by Crippen LogP contribution is -2.53. The van der Waals surface area contributed by atoms with Crippen LogP contribution in [0.2, 0.25) is 5.02 Å². The molecule has 1 aromatic heterocycles. The van der Waals surface area contributed by atoms with Crippen molar-refractivity contribution < 1.29 is 19.4 Å². The number of hydrogen-bond acceptors (Lipinski definition) is 6. The molecule has 0 saturated heterocycles. The molecule has 3 aromatic rings. The summed E-state index contributed by atoms with van der Waals surface area (Å²) in [7, 11) is 0. The molecule has 0 unspecified atom stereocenters. The number of carboxylic acid groups (broad SMARTS) is 1. The van der Waals surface area contributed by atoms with Gasteiger partial charge in [0, 0.05) is 28.2 Å². The SMILES string of the molecule is C[C@@H](COc1ccnc2c1[C@H](C)CCC2)C[C@H]1Cc2ccc(OCCCCN)cc2C12CCC(Nc1cccc(Cl)c1)(C(=O)O)CC2. The summed E-state index contributed by atoms with van der Waals surface area (Å²) < 4.78 is 12.8. The first-order valence-corrected chi connectivity index (χ1v) is 17.9. The fraction of sp³-hybridized carbons (Fsp3) is 0.538. The number of fused-ring (bicyclic) bond motifs is 3. The third-order valence-corrected chi connectivity index (χ3v) is 11.4. The Hall–Kier alpha value is -3.29. The zero-order valence-electron chi connectivity index (χ0n) is 27.9. The van der Waals surface area contributed by atoms with Crippen molar-refractivity contribution in [1.29, 1.82) is 0 Å². The highest BCUT2D eigenvalue weighted by Crippen LogP contribution is 2.56. The zero-order valence-corrected chi connectivity index (χ0v) is 28.7. The Morgan fingerprint density at radius 1 is 1.13 bits per heavy atom. The number of pyridine rings is 1. The first-order valence-electron chi connectivity index (χ1n) is 17.6. The van der Waals surface area contributed by atoms with Crippen molar-refractivity contribution in [1.82, 2.24) is 4.98 Å². The Balaban J connectivity index is 1.23. The lowest BCUT2D eigenvalue weighted by Gasteiger charge is -2.47. The maximum Gasteiger partial charge on any atom is 0.329 e. The molecular formula is C39H50ClN3O4. The molecular weight excluding hydrogens is 610 g/mol. The van der Waals surface area contributed by atoms with E-state index in [1.54, 1.807) is 12.1 Å². The highest BCUT2D eigenvalue weighted by atomic mass is 35.5. The summed E-state index contributed by atoms with van der Waals surface area (Å²) in [6.07, 6.45) is 11.7. The van der Waals surface area contributed by atoms with Gasteiger partial charge in [0.15, 0.2) is 0 Å². The zero-order chi connectivity index (χ0) is 33.0. The first-order chi connectivity index (χ1) is 22.7. The van der Waals surface area contributed by atoms with Gasteiger partial charge >= 0.3 is 5.97 Å². The second kappa shape index (κ2) is 14.4. The Morgan fingerprint density at radius 3 is 2.72 bits per heavy atom. The highest BCUT2D eigenvalue weighted by molar-refractivity contribution is 6.30. The number of hydrogen-bond donors (Lipinski definition) is 3. The summed E-state index contributed by atoms with van der Waals surface area (Å²) in [5.41, 5.74) is 10.4. The Morgan fingerprint density at radius 2 is 1.96 bits per heavy atom. The maximum absolute atomic E-state index is 12.9. The number of benzene rings is 2. The topological polar surface area (TPSA) is 107 Å². The summed E-state index contributed by atoms with van der Waals surface area (Å²) in [6, 6.07) is 16.0. The van der Waals surface area contributed by atoms with Crippen molar-refractivity contribution in [2.24, 2.45) is 17.6 Å². The van der Waals surface area contributed by atoms with E-state index in [0.29, 0.717) is 55.4 Å². The molecule has 3 aliphatic carbocycles. The number of halogens is 1. The Labute approximate surface area is 284 Å². The van der Waals surface area contributed by atoms with Crippen LogP contribution in [-0.4, -0.2) is 41.4 Å². The summed E-state index contributed by atoms with van der Waals surface area (Å²) in [5, 5.41) is 14.6. The van der Waals surface area contributed by atoms with Crippen LogP contribution in [0.4, 0.5) is 5.69 Å². The largest absolute Gasteiger partial charge is 0.494 e. The van der Waals surface area contributed by atoms with Gasteiger partial charge in [-0.05, 0) is 148 Å². The molecule has 0 radical (unpaired) electrons. The normalized spacial score (nSPS) is 25.5. The van der Waals surface area contributed by atoms with E-state index in [4.69, 9.17) is 26.8 Å². The van der Waals surface area contributed by atoms with Gasteiger partial charge in [0.1, 0.15) is 17.0 Å². The van der Waals surface area contributed by atoms with Crippen molar-refractivity contribution in [3.8, 4) is 11.5 Å². The molecule has 3 aliphatic rings. The van der Waals surface area contributed by atoms with Gasteiger partial charge in [0.25, 0.3) is 0 Å². The summed E-state index contributed by atoms with van der Waals surface area (Å²) in [6.45, 7) is 6.54. The molecule has 47 heavy (non-hydrogen) atoms. The number of aryl methyl sites for hydroxylation is 1. The van der Waals surface area contributed by atoms with E-state index in [0.717, 1.165) is 62.1 Å². The Kier molecular flexibility index (Phi) is 10.3. The molecule has 0 aliphatic heterocycles. The van der Waals surface area contributed by atoms with Gasteiger partial charge < -0.3 is 25.6 Å². The van der Waals surface area contributed by atoms with E-state index >= 15 is 0 Å². The van der Waals surface area contributed by atoms with Gasteiger partial charge in [-0.15, -0.1) is 0 Å². The van der Waals surface area contributed by atoms with Gasteiger partial charge in [-0.25, -0.2) is 4.79 Å². The number of anilines is 1. The highest BCUT2D eigenvalue weighted by Gasteiger charge is 2.54. The third kappa shape index (κ3) is 7.12. The van der Waals surface area contributed by atoms with Crippen LogP contribution in [0.5, 0.6) is 11.5 Å². The molecule has 7 nitrogen and oxygen atoms in total. The maximum atomic E-state index is 12.9. The molecule has 3 atom stereocenters. The van der Waals surface area contributed by atoms with E-state index in [1.807, 2.05) is 24.4 Å². The van der Waals surface area contributed by atoms with E-state index < -0.39 is 11.5 Å². The predicted octanol–water partition coefficient (Wildman–Crippen LogP) is 8.32. The van der Waals surface area contributed by atoms with Crippen LogP contribution in [0.25, 0.3) is 0 Å². The number of nitrogens with one attached hydrogen (secondary N) is 1. The number of unbranched alkanes of at least 4 members (excludes halogenated alkanes) is 1. The van der Waals surface area contributed by atoms with Crippen LogP contribution >= 0.6 is 11.6 Å². The second-order valence-electron chi connectivity index (χ2n) is 14.4. The number of ether oxygens (including phenoxy) is 2. The van der Waals surface area contributed by atoms with E-state index in [1.165, 1.54) is 35.2 Å². The molecule has 0 bridgehead atoms. The summed E-state index contributed by atoms with van der Waals surface area (Å²) in [4.78, 5) is 17.6. The van der Waals surface area contributed by atoms with Gasteiger partial charge in [0.05, 0.1) is 13.2 Å². The lowest BCUT2D eigenvalue weighted by molar-refractivity contribution is -0.144. The average molecular weight is 660 g/mol. The first kappa shape index (κ1) is 33.6. The van der Waals surface area contributed by atoms with Crippen LogP contribution in [0.15, 0.2) is 54.7 Å². The van der Waals surface area contributed by atoms with Crippen LogP contribution < -0.4 is 20.5 Å². The lowest BCUT2D eigenvalue weighted by atomic mass is 9.59. The van der Waals surface area contributed by atoms with E-state index in [9.17, 15) is 9.90 Å². The number of nitrogens with two attached hydrogens (primary N) is 1. The van der Waals surface area contributed by atoms with Crippen molar-refractivity contribution in [3.63, 3.8) is 0 Å². The second-order valence-corrected chi connectivity index (χ2v) is 14.8. The number of carbonyl (C=O) groups is 1. The predicted molar refractivity (Wildman–Crippen MR) is 188 cm³/mol. The van der Waals surface area contributed by atoms with Gasteiger partial charge in [-0.3, -0.25) is 4.98 Å². The average Bonchev–Trinajstić information content (AvgIpc) is 3.34. The molecule has 2 aromatic carbocycles. The molecule has 1 spiro atoms. The minimum Gasteiger partial charge on any atom is -0.494 e. The van der Waals surface area contributed by atoms with Gasteiger partial charge in [-0.1, -0.05) is 37.6 Å². The van der Waals surface area contributed by atoms with E-state index in [-0.39, 0.29) is 5.41 Å². The fourth-order valence-corrected chi connectivity index (χ4v) is 8.79. The number of aromatic nitrogens is 1. The summed E-state index contributed by atoms with van der Waals surface area (Å²) >= 11 is 6.27. The molecule has 252 valence electrons. The number of carboxylic acids is 1. The van der Waals surface area contributed by atoms with Crippen LogP contribution in [-0.2, 0) is 23.1 Å². The quantitative estimate of drug-likeness (QED) is 0.158. The molecule has 4 N–H and O–H groups in total. The van der Waals surface area contributed by atoms with Crippen molar-refractivity contribution in [2.75, 3.05) is 25.1 Å². The minimum atomic E-state index is -1.05. The minimum absolute atomic E-state index is 0.125. The van der Waals surface area contributed by atoms with Crippen molar-refractivity contribution >= 4 is 23.3 Å². The number of nitrogens with zero attached hydrogens (tertiary/aromatic N) is 1. The standard InChI is InChI=1S/C39H50ClN3O4/c1-26(25-47-35-13-19-42-34-10-5-7-27(2)36(34)35)21-29-22-28-11-12-32(46-20-4-3-18-41)24-33(28)38(29)14-16-39(17-15-38,37(44)45)43-31-9-6-8-30(40)23-31/h6,8-9,11-13,19,23-24,26-27,29,43H,3-5,7,10,14-18,20-22,25,41H2,1-2H3,(H,44,45)/t26-,27-,29+,38?,39?/m1/s1. The number of aliphatic carboxylic acids is 1. The summed E-state index contributed by atoms with van der Waals surface area (Å²) in [5.74, 6) is 2.25. The van der Waals surface area contributed by atoms with Crippen molar-refractivity contribution in [2.45, 2.75) is 101 Å². The molecule has 1 saturated carbocycles. The molecule has 0 amide bonds. The molecule has 8 heteroatoms. The monoisotopic (exact) mass is 659 g/mol. The van der Waals surface area contributed by atoms with Gasteiger partial charge in [0.2, 0.25) is 0 Å². The molecule has 6 rings (SSSR count). The molecule has 1 fully saturated rings. The van der Waals surface area contributed by atoms with Gasteiger partial charge in [-0.2, -0.15) is 0 Å². The smallest absolute Gasteiger partial charge is 0.329 e. The number of rotatable bonds is 13. The Bertz CT molecular complexity index is 1550. The third-order valence-electron chi connectivity index (χ3n) is 11.1. The van der Waals surface area contributed by atoms with Crippen LogP contribution in [0, 0.1) is 11.8 Å². The van der Waals surface area contributed by atoms with Crippen LogP contribution in [0.1, 0.15) is 99.9 Å². The van der Waals surface area contributed by atoms with Crippen LogP contribution in [0.3, 0.4) is 0 Å². The molecule has 1 heterocycles. The van der Waals surface area contributed by atoms with Crippen molar-refractivity contribution in [3.05, 3.63) is 82.1 Å².